The predicted molar refractivity (Wildman–Crippen MR) is 109 cm³/mol. The zero-order valence-electron chi connectivity index (χ0n) is 16.8. The summed E-state index contributed by atoms with van der Waals surface area (Å²) in [5.74, 6) is 5.55. The molecule has 0 aromatic carbocycles. The van der Waals surface area contributed by atoms with Crippen molar-refractivity contribution in [1.82, 2.24) is 0 Å². The summed E-state index contributed by atoms with van der Waals surface area (Å²) in [6.45, 7) is 3.17. The van der Waals surface area contributed by atoms with Gasteiger partial charge in [0.25, 0.3) is 0 Å². The zero-order chi connectivity index (χ0) is 19.0. The van der Waals surface area contributed by atoms with E-state index in [4.69, 9.17) is 4.74 Å². The van der Waals surface area contributed by atoms with Crippen molar-refractivity contribution in [2.45, 2.75) is 63.9 Å². The molecule has 152 valence electrons. The number of alkyl halides is 1. The van der Waals surface area contributed by atoms with E-state index in [-0.39, 0.29) is 11.3 Å². The van der Waals surface area contributed by atoms with Gasteiger partial charge in [0.05, 0.1) is 17.5 Å². The van der Waals surface area contributed by atoms with Crippen molar-refractivity contribution in [3.8, 4) is 0 Å². The monoisotopic (exact) mass is 438 g/mol. The predicted octanol–water partition coefficient (Wildman–Crippen LogP) is 4.45. The maximum atomic E-state index is 12.6. The normalized spacial score (nSPS) is 55.9. The van der Waals surface area contributed by atoms with Gasteiger partial charge >= 0.3 is 0 Å². The Labute approximate surface area is 172 Å². The van der Waals surface area contributed by atoms with Crippen LogP contribution in [0.3, 0.4) is 0 Å². The highest BCUT2D eigenvalue weighted by Crippen LogP contribution is 2.70. The van der Waals surface area contributed by atoms with Crippen molar-refractivity contribution in [3.63, 3.8) is 0 Å². The third kappa shape index (κ3) is 2.54. The lowest BCUT2D eigenvalue weighted by atomic mass is 9.49. The molecule has 3 nitrogen and oxygen atoms in total. The summed E-state index contributed by atoms with van der Waals surface area (Å²) in [7, 11) is 1.77. The highest BCUT2D eigenvalue weighted by molar-refractivity contribution is 9.09. The van der Waals surface area contributed by atoms with E-state index >= 15 is 0 Å². The molecule has 2 unspecified atom stereocenters. The van der Waals surface area contributed by atoms with E-state index in [1.54, 1.807) is 7.11 Å². The number of aliphatic hydroxyl groups is 1. The second kappa shape index (κ2) is 6.54. The van der Waals surface area contributed by atoms with Crippen LogP contribution in [0.1, 0.15) is 58.3 Å². The van der Waals surface area contributed by atoms with E-state index in [0.717, 1.165) is 49.0 Å². The third-order valence-corrected chi connectivity index (χ3v) is 10.7. The van der Waals surface area contributed by atoms with Gasteiger partial charge in [0.2, 0.25) is 0 Å². The minimum Gasteiger partial charge on any atom is -0.389 e. The van der Waals surface area contributed by atoms with E-state index < -0.39 is 5.60 Å². The van der Waals surface area contributed by atoms with Crippen LogP contribution in [-0.2, 0) is 9.53 Å². The molecular formula is C23H35BrO3. The van der Waals surface area contributed by atoms with Crippen molar-refractivity contribution in [1.29, 1.82) is 0 Å². The van der Waals surface area contributed by atoms with E-state index in [1.165, 1.54) is 38.5 Å². The van der Waals surface area contributed by atoms with Gasteiger partial charge in [-0.3, -0.25) is 4.79 Å². The highest BCUT2D eigenvalue weighted by atomic mass is 79.9. The third-order valence-electron chi connectivity index (χ3n) is 10.2. The number of hydrogen-bond acceptors (Lipinski definition) is 3. The van der Waals surface area contributed by atoms with Gasteiger partial charge in [0.1, 0.15) is 5.78 Å². The molecule has 0 heterocycles. The van der Waals surface area contributed by atoms with Gasteiger partial charge in [-0.15, -0.1) is 0 Å². The number of rotatable bonds is 4. The Morgan fingerprint density at radius 3 is 2.48 bits per heavy atom. The summed E-state index contributed by atoms with van der Waals surface area (Å²) in [5.41, 5.74) is -0.166. The van der Waals surface area contributed by atoms with Gasteiger partial charge in [-0.25, -0.2) is 0 Å². The lowest BCUT2D eigenvalue weighted by molar-refractivity contribution is -0.128. The van der Waals surface area contributed by atoms with Crippen LogP contribution in [0.5, 0.6) is 0 Å². The molecule has 0 amide bonds. The Kier molecular flexibility index (Phi) is 4.61. The molecule has 0 saturated heterocycles. The first kappa shape index (κ1) is 19.1. The van der Waals surface area contributed by atoms with Crippen LogP contribution in [0.25, 0.3) is 0 Å². The Hall–Kier alpha value is 0.0700. The maximum Gasteiger partial charge on any atom is 0.147 e. The fourth-order valence-electron chi connectivity index (χ4n) is 9.06. The first-order valence-electron chi connectivity index (χ1n) is 11.3. The number of ketones is 1. The molecule has 1 N–H and O–H groups in total. The second-order valence-corrected chi connectivity index (χ2v) is 11.3. The molecule has 5 rings (SSSR count). The van der Waals surface area contributed by atoms with E-state index in [2.05, 4.69) is 22.9 Å². The van der Waals surface area contributed by atoms with Gasteiger partial charge in [-0.05, 0) is 92.3 Å². The lowest BCUT2D eigenvalue weighted by Crippen LogP contribution is -2.50. The molecule has 0 radical (unpaired) electrons. The van der Waals surface area contributed by atoms with Crippen molar-refractivity contribution in [2.24, 2.45) is 52.8 Å². The summed E-state index contributed by atoms with van der Waals surface area (Å²) >= 11 is 3.43. The fourth-order valence-corrected chi connectivity index (χ4v) is 9.45. The van der Waals surface area contributed by atoms with Gasteiger partial charge < -0.3 is 9.84 Å². The standard InChI is InChI=1S/C23H35BrO3/c1-22-9-7-13-14-8-10-23(26)19(12-27-2)21(23)16(14)4-3-15(13)17(22)5-6-18(22)20(25)11-24/h13-19,21,26H,3-12H2,1-2H3/t13-,14-,15-,16-,17+,18-,19?,21?,22+,23+/m1/s1. The molecule has 0 aromatic rings. The second-order valence-electron chi connectivity index (χ2n) is 10.7. The van der Waals surface area contributed by atoms with Crippen LogP contribution < -0.4 is 0 Å². The molecule has 5 aliphatic carbocycles. The number of hydrogen-bond donors (Lipinski definition) is 1. The van der Waals surface area contributed by atoms with Gasteiger partial charge in [0, 0.05) is 18.9 Å². The summed E-state index contributed by atoms with van der Waals surface area (Å²) < 4.78 is 5.43. The smallest absolute Gasteiger partial charge is 0.147 e. The van der Waals surface area contributed by atoms with E-state index in [0.29, 0.717) is 22.9 Å². The SMILES string of the molecule is COCC1C2[C@@H]3CC[C@@H]4[C@H](CC[C@]5(C)[C@@H](C(=O)CBr)CC[C@@H]45)[C@H]3CC[C@]12O. The maximum absolute atomic E-state index is 12.6. The number of carbonyl (C=O) groups is 1. The quantitative estimate of drug-likeness (QED) is 0.659. The lowest BCUT2D eigenvalue weighted by Gasteiger charge is -2.55. The summed E-state index contributed by atoms with van der Waals surface area (Å²) in [6.07, 6.45) is 9.75. The Balaban J connectivity index is 1.35. The van der Waals surface area contributed by atoms with Crippen molar-refractivity contribution in [2.75, 3.05) is 19.0 Å². The molecule has 0 aromatic heterocycles. The van der Waals surface area contributed by atoms with Crippen LogP contribution >= 0.6 is 15.9 Å². The van der Waals surface area contributed by atoms with E-state index in [1.807, 2.05) is 0 Å². The molecule has 0 spiro atoms. The number of halogens is 1. The zero-order valence-corrected chi connectivity index (χ0v) is 18.4. The average molecular weight is 439 g/mol. The van der Waals surface area contributed by atoms with Crippen LogP contribution in [0.2, 0.25) is 0 Å². The molecule has 27 heavy (non-hydrogen) atoms. The number of fused-ring (bicyclic) bond motifs is 7. The van der Waals surface area contributed by atoms with Gasteiger partial charge in [-0.1, -0.05) is 22.9 Å². The molecule has 10 atom stereocenters. The first-order valence-corrected chi connectivity index (χ1v) is 12.4. The molecule has 5 fully saturated rings. The molecule has 5 saturated carbocycles. The molecular weight excluding hydrogens is 404 g/mol. The summed E-state index contributed by atoms with van der Waals surface area (Å²) in [5, 5.41) is 11.6. The van der Waals surface area contributed by atoms with Crippen LogP contribution in [0, 0.1) is 52.8 Å². The Bertz CT molecular complexity index is 623. The highest BCUT2D eigenvalue weighted by Gasteiger charge is 2.71. The molecule has 0 bridgehead atoms. The minimum absolute atomic E-state index is 0.242. The minimum atomic E-state index is -0.409. The van der Waals surface area contributed by atoms with Crippen LogP contribution in [0.15, 0.2) is 0 Å². The average Bonchev–Trinajstić information content (AvgIpc) is 3.09. The Morgan fingerprint density at radius 2 is 1.74 bits per heavy atom. The molecule has 5 aliphatic rings. The molecule has 0 aliphatic heterocycles. The molecule has 4 heteroatoms. The van der Waals surface area contributed by atoms with Crippen molar-refractivity contribution >= 4 is 21.7 Å². The summed E-state index contributed by atoms with van der Waals surface area (Å²) in [4.78, 5) is 12.6. The van der Waals surface area contributed by atoms with Crippen LogP contribution in [-0.4, -0.2) is 35.5 Å². The van der Waals surface area contributed by atoms with Crippen molar-refractivity contribution < 1.29 is 14.6 Å². The van der Waals surface area contributed by atoms with Gasteiger partial charge in [-0.2, -0.15) is 0 Å². The number of ether oxygens (including phenoxy) is 1. The number of carbonyl (C=O) groups excluding carboxylic acids is 1. The Morgan fingerprint density at radius 1 is 1.04 bits per heavy atom. The first-order chi connectivity index (χ1) is 13.0. The fraction of sp³-hybridized carbons (Fsp3) is 0.957. The van der Waals surface area contributed by atoms with Crippen LogP contribution in [0.4, 0.5) is 0 Å². The largest absolute Gasteiger partial charge is 0.389 e. The number of methoxy groups -OCH3 is 1. The topological polar surface area (TPSA) is 46.5 Å². The van der Waals surface area contributed by atoms with Crippen molar-refractivity contribution in [3.05, 3.63) is 0 Å². The summed E-state index contributed by atoms with van der Waals surface area (Å²) in [6, 6.07) is 0. The van der Waals surface area contributed by atoms with E-state index in [9.17, 15) is 9.90 Å². The van der Waals surface area contributed by atoms with Gasteiger partial charge in [0.15, 0.2) is 0 Å². The number of Topliss-reactive ketones (excluding diaryl/α,β-unsaturated/α-hetero) is 1.